The molecule has 0 aromatic heterocycles. The molecule has 58 heavy (non-hydrogen) atoms. The van der Waals surface area contributed by atoms with Crippen LogP contribution in [0, 0.1) is 0 Å². The van der Waals surface area contributed by atoms with Crippen molar-refractivity contribution in [3.05, 3.63) is 24.3 Å². The summed E-state index contributed by atoms with van der Waals surface area (Å²) < 4.78 is 11.2. The molecule has 0 aromatic carbocycles. The minimum absolute atomic E-state index is 0.168. The van der Waals surface area contributed by atoms with E-state index in [1.165, 1.54) is 244 Å². The fourth-order valence-corrected chi connectivity index (χ4v) is 8.07. The molecule has 0 fully saturated rings. The fourth-order valence-electron chi connectivity index (χ4n) is 8.07. The van der Waals surface area contributed by atoms with Crippen molar-refractivity contribution in [2.24, 2.45) is 0 Å². The Morgan fingerprint density at radius 3 is 1.07 bits per heavy atom. The maximum absolute atomic E-state index is 12.3. The Bertz CT molecular complexity index is 822. The van der Waals surface area contributed by atoms with Gasteiger partial charge in [-0.1, -0.05) is 263 Å². The highest BCUT2D eigenvalue weighted by Gasteiger charge is 2.13. The van der Waals surface area contributed by atoms with Crippen LogP contribution in [0.5, 0.6) is 0 Å². The monoisotopic (exact) mass is 817 g/mol. The van der Waals surface area contributed by atoms with Crippen LogP contribution in [-0.2, 0) is 14.3 Å². The van der Waals surface area contributed by atoms with Gasteiger partial charge in [0.05, 0.1) is 13.2 Å². The summed E-state index contributed by atoms with van der Waals surface area (Å²) in [6.45, 7) is 5.39. The number of hydrogen-bond donors (Lipinski definition) is 1. The van der Waals surface area contributed by atoms with Gasteiger partial charge in [-0.05, 0) is 44.9 Å². The highest BCUT2D eigenvalue weighted by molar-refractivity contribution is 5.69. The first-order valence-electron chi connectivity index (χ1n) is 26.4. The molecule has 4 heteroatoms. The molecule has 0 bridgehead atoms. The molecule has 1 unspecified atom stereocenters. The number of rotatable bonds is 50. The van der Waals surface area contributed by atoms with Crippen LogP contribution in [0.3, 0.4) is 0 Å². The molecule has 0 amide bonds. The topological polar surface area (TPSA) is 55.8 Å². The third kappa shape index (κ3) is 49.2. The summed E-state index contributed by atoms with van der Waals surface area (Å²) in [7, 11) is 0. The maximum atomic E-state index is 12.3. The van der Waals surface area contributed by atoms with Gasteiger partial charge >= 0.3 is 5.97 Å². The van der Waals surface area contributed by atoms with E-state index in [4.69, 9.17) is 9.47 Å². The van der Waals surface area contributed by atoms with E-state index in [2.05, 4.69) is 38.2 Å². The highest BCUT2D eigenvalue weighted by Crippen LogP contribution is 2.17. The van der Waals surface area contributed by atoms with E-state index in [1.54, 1.807) is 0 Å². The summed E-state index contributed by atoms with van der Waals surface area (Å²) >= 11 is 0. The number of esters is 1. The fraction of sp³-hybridized carbons (Fsp3) is 0.907. The number of ether oxygens (including phenoxy) is 2. The molecule has 0 saturated carbocycles. The lowest BCUT2D eigenvalue weighted by molar-refractivity contribution is -0.154. The van der Waals surface area contributed by atoms with Crippen molar-refractivity contribution in [2.75, 3.05) is 19.8 Å². The van der Waals surface area contributed by atoms with Gasteiger partial charge in [-0.3, -0.25) is 4.79 Å². The number of allylic oxidation sites excluding steroid dienone is 4. The zero-order valence-electron chi connectivity index (χ0n) is 39.6. The standard InChI is InChI=1S/C54H104O4/c1-3-5-7-9-11-13-15-17-19-21-23-25-26-27-28-30-32-34-36-38-40-42-44-46-48-50-57-52-53(51-55)58-54(56)49-47-45-43-41-39-37-35-33-31-29-24-22-20-18-16-14-12-10-8-6-4-2/h16,18,22,24,53,55H,3-15,17,19-21,23,25-52H2,1-2H3/b18-16-,24-22-. The van der Waals surface area contributed by atoms with E-state index in [9.17, 15) is 9.90 Å². The molecule has 0 spiro atoms. The summed E-state index contributed by atoms with van der Waals surface area (Å²) in [4.78, 5) is 12.3. The van der Waals surface area contributed by atoms with Gasteiger partial charge in [0.15, 0.2) is 0 Å². The van der Waals surface area contributed by atoms with E-state index >= 15 is 0 Å². The van der Waals surface area contributed by atoms with Gasteiger partial charge in [-0.2, -0.15) is 0 Å². The van der Waals surface area contributed by atoms with Gasteiger partial charge in [0.1, 0.15) is 6.10 Å². The third-order valence-electron chi connectivity index (χ3n) is 12.0. The summed E-state index contributed by atoms with van der Waals surface area (Å²) in [6, 6.07) is 0. The van der Waals surface area contributed by atoms with Crippen molar-refractivity contribution >= 4 is 5.97 Å². The SMILES string of the molecule is CCCCCCC/C=C\C/C=C\CCCCCCCCCCCC(=O)OC(CO)COCCCCCCCCCCCCCCCCCCCCCCCCCCC. The Hall–Kier alpha value is -1.13. The Labute approximate surface area is 364 Å². The smallest absolute Gasteiger partial charge is 0.306 e. The van der Waals surface area contributed by atoms with E-state index in [1.807, 2.05) is 0 Å². The molecular formula is C54H104O4. The van der Waals surface area contributed by atoms with E-state index in [-0.39, 0.29) is 12.6 Å². The molecule has 4 nitrogen and oxygen atoms in total. The zero-order valence-corrected chi connectivity index (χ0v) is 39.6. The molecule has 344 valence electrons. The summed E-state index contributed by atoms with van der Waals surface area (Å²) in [5.41, 5.74) is 0. The van der Waals surface area contributed by atoms with Gasteiger partial charge in [0.2, 0.25) is 0 Å². The molecule has 0 rings (SSSR count). The Balaban J connectivity index is 3.36. The van der Waals surface area contributed by atoms with Crippen LogP contribution in [0.25, 0.3) is 0 Å². The molecule has 0 heterocycles. The molecule has 0 aromatic rings. The first kappa shape index (κ1) is 56.9. The van der Waals surface area contributed by atoms with Crippen molar-refractivity contribution in [1.29, 1.82) is 0 Å². The van der Waals surface area contributed by atoms with E-state index in [0.29, 0.717) is 19.6 Å². The summed E-state index contributed by atoms with van der Waals surface area (Å²) in [5, 5.41) is 9.66. The van der Waals surface area contributed by atoms with Crippen LogP contribution < -0.4 is 0 Å². The minimum atomic E-state index is -0.533. The van der Waals surface area contributed by atoms with Crippen molar-refractivity contribution in [2.45, 2.75) is 296 Å². The quantitative estimate of drug-likeness (QED) is 0.0377. The average molecular weight is 817 g/mol. The second-order valence-electron chi connectivity index (χ2n) is 18.0. The van der Waals surface area contributed by atoms with Crippen LogP contribution >= 0.6 is 0 Å². The van der Waals surface area contributed by atoms with Crippen molar-refractivity contribution in [1.82, 2.24) is 0 Å². The molecule has 0 saturated heterocycles. The predicted octanol–water partition coefficient (Wildman–Crippen LogP) is 17.8. The minimum Gasteiger partial charge on any atom is -0.457 e. The molecule has 0 aliphatic carbocycles. The molecule has 0 aliphatic rings. The number of aliphatic hydroxyl groups is 1. The van der Waals surface area contributed by atoms with Crippen LogP contribution in [-0.4, -0.2) is 37.0 Å². The number of aliphatic hydroxyl groups excluding tert-OH is 1. The van der Waals surface area contributed by atoms with Crippen LogP contribution in [0.2, 0.25) is 0 Å². The van der Waals surface area contributed by atoms with Gasteiger partial charge in [0, 0.05) is 13.0 Å². The zero-order chi connectivity index (χ0) is 41.9. The first-order valence-corrected chi connectivity index (χ1v) is 26.4. The lowest BCUT2D eigenvalue weighted by Gasteiger charge is -2.16. The lowest BCUT2D eigenvalue weighted by atomic mass is 10.0. The van der Waals surface area contributed by atoms with Gasteiger partial charge in [0.25, 0.3) is 0 Å². The van der Waals surface area contributed by atoms with E-state index < -0.39 is 6.10 Å². The summed E-state index contributed by atoms with van der Waals surface area (Å²) in [5.74, 6) is -0.199. The molecular weight excluding hydrogens is 713 g/mol. The van der Waals surface area contributed by atoms with Gasteiger partial charge in [-0.25, -0.2) is 0 Å². The van der Waals surface area contributed by atoms with Crippen LogP contribution in [0.15, 0.2) is 24.3 Å². The first-order chi connectivity index (χ1) is 28.7. The van der Waals surface area contributed by atoms with Gasteiger partial charge < -0.3 is 14.6 Å². The lowest BCUT2D eigenvalue weighted by Crippen LogP contribution is -2.27. The second-order valence-corrected chi connectivity index (χ2v) is 18.0. The van der Waals surface area contributed by atoms with E-state index in [0.717, 1.165) is 25.7 Å². The molecule has 1 N–H and O–H groups in total. The van der Waals surface area contributed by atoms with Gasteiger partial charge in [-0.15, -0.1) is 0 Å². The Morgan fingerprint density at radius 2 is 0.724 bits per heavy atom. The number of hydrogen-bond acceptors (Lipinski definition) is 4. The molecule has 0 aliphatic heterocycles. The maximum Gasteiger partial charge on any atom is 0.306 e. The van der Waals surface area contributed by atoms with Crippen LogP contribution in [0.4, 0.5) is 0 Å². The molecule has 1 atom stereocenters. The predicted molar refractivity (Wildman–Crippen MR) is 256 cm³/mol. The third-order valence-corrected chi connectivity index (χ3v) is 12.0. The average Bonchev–Trinajstić information content (AvgIpc) is 3.23. The van der Waals surface area contributed by atoms with Crippen LogP contribution in [0.1, 0.15) is 290 Å². The number of carbonyl (C=O) groups is 1. The Kier molecular flexibility index (Phi) is 51.0. The summed E-state index contributed by atoms with van der Waals surface area (Å²) in [6.07, 6.45) is 65.7. The van der Waals surface area contributed by atoms with Crippen molar-refractivity contribution in [3.63, 3.8) is 0 Å². The Morgan fingerprint density at radius 1 is 0.414 bits per heavy atom. The largest absolute Gasteiger partial charge is 0.457 e. The number of unbranched alkanes of at least 4 members (excludes halogenated alkanes) is 38. The molecule has 0 radical (unpaired) electrons. The second kappa shape index (κ2) is 52.0. The normalized spacial score (nSPS) is 12.4. The highest BCUT2D eigenvalue weighted by atomic mass is 16.6. The van der Waals surface area contributed by atoms with Crippen molar-refractivity contribution < 1.29 is 19.4 Å². The number of carbonyl (C=O) groups excluding carboxylic acids is 1. The van der Waals surface area contributed by atoms with Crippen molar-refractivity contribution in [3.8, 4) is 0 Å².